The first-order chi connectivity index (χ1) is 10.6. The Morgan fingerprint density at radius 3 is 2.68 bits per heavy atom. The Morgan fingerprint density at radius 1 is 1.18 bits per heavy atom. The van der Waals surface area contributed by atoms with Crippen LogP contribution in [0.15, 0.2) is 59.8 Å². The van der Waals surface area contributed by atoms with Crippen LogP contribution < -0.4 is 9.46 Å². The van der Waals surface area contributed by atoms with E-state index in [9.17, 15) is 8.42 Å². The van der Waals surface area contributed by atoms with E-state index in [1.165, 1.54) is 19.2 Å². The first-order valence-corrected chi connectivity index (χ1v) is 8.13. The molecule has 2 aromatic heterocycles. The van der Waals surface area contributed by atoms with Crippen molar-refractivity contribution in [2.75, 3.05) is 7.11 Å². The Kier molecular flexibility index (Phi) is 3.82. The summed E-state index contributed by atoms with van der Waals surface area (Å²) in [7, 11) is -2.04. The zero-order valence-electron chi connectivity index (χ0n) is 11.9. The van der Waals surface area contributed by atoms with Crippen LogP contribution in [0.1, 0.15) is 5.56 Å². The van der Waals surface area contributed by atoms with Gasteiger partial charge in [-0.1, -0.05) is 6.07 Å². The van der Waals surface area contributed by atoms with Gasteiger partial charge in [-0.3, -0.25) is 0 Å². The van der Waals surface area contributed by atoms with Crippen molar-refractivity contribution in [1.29, 1.82) is 0 Å². The summed E-state index contributed by atoms with van der Waals surface area (Å²) < 4.78 is 33.9. The number of pyridine rings is 1. The predicted octanol–water partition coefficient (Wildman–Crippen LogP) is 1.82. The van der Waals surface area contributed by atoms with Crippen molar-refractivity contribution in [2.45, 2.75) is 11.4 Å². The van der Waals surface area contributed by atoms with Gasteiger partial charge < -0.3 is 4.74 Å². The highest BCUT2D eigenvalue weighted by Gasteiger charge is 2.14. The van der Waals surface area contributed by atoms with Crippen molar-refractivity contribution < 1.29 is 13.2 Å². The van der Waals surface area contributed by atoms with E-state index < -0.39 is 10.0 Å². The fourth-order valence-corrected chi connectivity index (χ4v) is 3.14. The van der Waals surface area contributed by atoms with Crippen LogP contribution in [0.2, 0.25) is 0 Å². The summed E-state index contributed by atoms with van der Waals surface area (Å²) in [6.45, 7) is 0.182. The molecular formula is C15H15N3O3S. The maximum atomic E-state index is 12.3. The Labute approximate surface area is 128 Å². The molecule has 0 radical (unpaired) electrons. The molecule has 0 spiro atoms. The topological polar surface area (TPSA) is 72.7 Å². The summed E-state index contributed by atoms with van der Waals surface area (Å²) in [5.41, 5.74) is 1.69. The molecule has 0 bridgehead atoms. The molecule has 0 saturated heterocycles. The SMILES string of the molecule is COc1ccc(S(=O)(=O)NCc2cnn3ccccc23)cc1. The van der Waals surface area contributed by atoms with Crippen LogP contribution in [-0.4, -0.2) is 25.1 Å². The van der Waals surface area contributed by atoms with E-state index in [2.05, 4.69) is 9.82 Å². The van der Waals surface area contributed by atoms with Gasteiger partial charge in [-0.2, -0.15) is 5.10 Å². The van der Waals surface area contributed by atoms with Gasteiger partial charge in [0.15, 0.2) is 0 Å². The van der Waals surface area contributed by atoms with Gasteiger partial charge in [0, 0.05) is 18.3 Å². The summed E-state index contributed by atoms with van der Waals surface area (Å²) in [6, 6.07) is 11.9. The summed E-state index contributed by atoms with van der Waals surface area (Å²) in [5.74, 6) is 0.613. The Morgan fingerprint density at radius 2 is 1.95 bits per heavy atom. The lowest BCUT2D eigenvalue weighted by Crippen LogP contribution is -2.23. The number of hydrogen-bond donors (Lipinski definition) is 1. The van der Waals surface area contributed by atoms with Gasteiger partial charge in [-0.25, -0.2) is 17.7 Å². The number of methoxy groups -OCH3 is 1. The Hall–Kier alpha value is -2.38. The van der Waals surface area contributed by atoms with Crippen LogP contribution >= 0.6 is 0 Å². The van der Waals surface area contributed by atoms with Crippen molar-refractivity contribution in [3.05, 3.63) is 60.4 Å². The summed E-state index contributed by atoms with van der Waals surface area (Å²) >= 11 is 0. The molecule has 1 N–H and O–H groups in total. The monoisotopic (exact) mass is 317 g/mol. The number of fused-ring (bicyclic) bond motifs is 1. The van der Waals surface area contributed by atoms with Crippen molar-refractivity contribution in [2.24, 2.45) is 0 Å². The minimum absolute atomic E-state index is 0.182. The number of ether oxygens (including phenoxy) is 1. The molecule has 1 aromatic carbocycles. The zero-order valence-corrected chi connectivity index (χ0v) is 12.7. The standard InChI is InChI=1S/C15H15N3O3S/c1-21-13-5-7-14(8-6-13)22(19,20)17-11-12-10-16-18-9-3-2-4-15(12)18/h2-10,17H,11H2,1H3. The first kappa shape index (κ1) is 14.6. The molecule has 3 rings (SSSR count). The largest absolute Gasteiger partial charge is 0.497 e. The maximum Gasteiger partial charge on any atom is 0.240 e. The fraction of sp³-hybridized carbons (Fsp3) is 0.133. The van der Waals surface area contributed by atoms with Gasteiger partial charge in [0.1, 0.15) is 5.75 Å². The number of hydrogen-bond acceptors (Lipinski definition) is 4. The predicted molar refractivity (Wildman–Crippen MR) is 82.2 cm³/mol. The van der Waals surface area contributed by atoms with Gasteiger partial charge in [0.25, 0.3) is 0 Å². The molecule has 7 heteroatoms. The van der Waals surface area contributed by atoms with E-state index in [1.807, 2.05) is 24.4 Å². The van der Waals surface area contributed by atoms with E-state index in [0.717, 1.165) is 11.1 Å². The van der Waals surface area contributed by atoms with E-state index in [4.69, 9.17) is 4.74 Å². The molecular weight excluding hydrogens is 302 g/mol. The number of nitrogens with one attached hydrogen (secondary N) is 1. The molecule has 2 heterocycles. The molecule has 0 aliphatic heterocycles. The van der Waals surface area contributed by atoms with Gasteiger partial charge in [0.05, 0.1) is 23.7 Å². The highest BCUT2D eigenvalue weighted by molar-refractivity contribution is 7.89. The van der Waals surface area contributed by atoms with Crippen LogP contribution in [0.3, 0.4) is 0 Å². The van der Waals surface area contributed by atoms with Crippen LogP contribution in [0.25, 0.3) is 5.52 Å². The van der Waals surface area contributed by atoms with Gasteiger partial charge in [0.2, 0.25) is 10.0 Å². The lowest BCUT2D eigenvalue weighted by molar-refractivity contribution is 0.414. The van der Waals surface area contributed by atoms with Crippen LogP contribution in [0.4, 0.5) is 0 Å². The van der Waals surface area contributed by atoms with E-state index in [0.29, 0.717) is 5.75 Å². The zero-order chi connectivity index (χ0) is 15.6. The molecule has 0 unspecified atom stereocenters. The summed E-state index contributed by atoms with van der Waals surface area (Å²) in [6.07, 6.45) is 3.47. The molecule has 6 nitrogen and oxygen atoms in total. The van der Waals surface area contributed by atoms with E-state index >= 15 is 0 Å². The molecule has 0 amide bonds. The normalized spacial score (nSPS) is 11.7. The number of aromatic nitrogens is 2. The minimum atomic E-state index is -3.57. The second-order valence-corrected chi connectivity index (χ2v) is 6.47. The molecule has 0 aliphatic carbocycles. The molecule has 22 heavy (non-hydrogen) atoms. The number of nitrogens with zero attached hydrogens (tertiary/aromatic N) is 2. The second kappa shape index (κ2) is 5.78. The third kappa shape index (κ3) is 2.81. The van der Waals surface area contributed by atoms with Crippen molar-refractivity contribution in [3.8, 4) is 5.75 Å². The lowest BCUT2D eigenvalue weighted by atomic mass is 10.3. The van der Waals surface area contributed by atoms with Crippen molar-refractivity contribution in [3.63, 3.8) is 0 Å². The van der Waals surface area contributed by atoms with Crippen molar-refractivity contribution in [1.82, 2.24) is 14.3 Å². The fourth-order valence-electron chi connectivity index (χ4n) is 2.13. The highest BCUT2D eigenvalue weighted by atomic mass is 32.2. The van der Waals surface area contributed by atoms with E-state index in [-0.39, 0.29) is 11.4 Å². The third-order valence-electron chi connectivity index (χ3n) is 3.33. The van der Waals surface area contributed by atoms with Gasteiger partial charge >= 0.3 is 0 Å². The quantitative estimate of drug-likeness (QED) is 0.779. The number of sulfonamides is 1. The lowest BCUT2D eigenvalue weighted by Gasteiger charge is -2.07. The molecule has 0 aliphatic rings. The van der Waals surface area contributed by atoms with Crippen LogP contribution in [0.5, 0.6) is 5.75 Å². The average Bonchev–Trinajstić information content (AvgIpc) is 2.96. The van der Waals surface area contributed by atoms with Crippen LogP contribution in [0, 0.1) is 0 Å². The third-order valence-corrected chi connectivity index (χ3v) is 4.75. The number of rotatable bonds is 5. The van der Waals surface area contributed by atoms with Gasteiger partial charge in [-0.15, -0.1) is 0 Å². The molecule has 114 valence electrons. The molecule has 0 fully saturated rings. The van der Waals surface area contributed by atoms with Crippen molar-refractivity contribution >= 4 is 15.5 Å². The molecule has 3 aromatic rings. The highest BCUT2D eigenvalue weighted by Crippen LogP contribution is 2.16. The number of benzene rings is 1. The molecule has 0 saturated carbocycles. The van der Waals surface area contributed by atoms with Crippen LogP contribution in [-0.2, 0) is 16.6 Å². The Bertz CT molecular complexity index is 886. The second-order valence-electron chi connectivity index (χ2n) is 4.70. The van der Waals surface area contributed by atoms with Gasteiger partial charge in [-0.05, 0) is 36.4 Å². The Balaban J connectivity index is 1.79. The summed E-state index contributed by atoms with van der Waals surface area (Å²) in [5, 5.41) is 4.18. The first-order valence-electron chi connectivity index (χ1n) is 6.65. The van der Waals surface area contributed by atoms with E-state index in [1.54, 1.807) is 22.8 Å². The smallest absolute Gasteiger partial charge is 0.240 e. The minimum Gasteiger partial charge on any atom is -0.497 e. The average molecular weight is 317 g/mol. The summed E-state index contributed by atoms with van der Waals surface area (Å²) in [4.78, 5) is 0.199. The maximum absolute atomic E-state index is 12.3. The molecule has 0 atom stereocenters.